The molecule has 0 aromatic carbocycles. The zero-order valence-electron chi connectivity index (χ0n) is 11.9. The Morgan fingerprint density at radius 1 is 1.19 bits per heavy atom. The van der Waals surface area contributed by atoms with Crippen molar-refractivity contribution in [3.05, 3.63) is 50.9 Å². The highest BCUT2D eigenvalue weighted by Crippen LogP contribution is 2.42. The molecule has 0 saturated heterocycles. The molecule has 1 amide bonds. The van der Waals surface area contributed by atoms with E-state index >= 15 is 0 Å². The van der Waals surface area contributed by atoms with Crippen molar-refractivity contribution in [2.75, 3.05) is 6.54 Å². The number of hydrogen-bond donors (Lipinski definition) is 1. The fourth-order valence-electron chi connectivity index (χ4n) is 3.00. The van der Waals surface area contributed by atoms with Crippen LogP contribution in [0.2, 0.25) is 0 Å². The molecule has 0 aliphatic heterocycles. The largest absolute Gasteiger partial charge is 0.352 e. The lowest BCUT2D eigenvalue weighted by Crippen LogP contribution is -2.37. The van der Waals surface area contributed by atoms with Gasteiger partial charge in [0.25, 0.3) is 0 Å². The minimum absolute atomic E-state index is 0.00577. The van der Waals surface area contributed by atoms with E-state index in [9.17, 15) is 4.79 Å². The summed E-state index contributed by atoms with van der Waals surface area (Å²) in [5.41, 5.74) is 0.167. The third kappa shape index (κ3) is 3.44. The molecule has 0 spiro atoms. The van der Waals surface area contributed by atoms with E-state index in [0.29, 0.717) is 0 Å². The Hall–Kier alpha value is -1.39. The third-order valence-corrected chi connectivity index (χ3v) is 6.10. The third-order valence-electron chi connectivity index (χ3n) is 4.15. The Balaban J connectivity index is 1.61. The predicted molar refractivity (Wildman–Crippen MR) is 90.8 cm³/mol. The van der Waals surface area contributed by atoms with Gasteiger partial charge in [0.15, 0.2) is 0 Å². The SMILES string of the molecule is O=C(/C=C/c1cccs1)NCC1(c2cccs2)CCCC1. The molecule has 1 aliphatic carbocycles. The Kier molecular flexibility index (Phi) is 4.56. The van der Waals surface area contributed by atoms with E-state index in [0.717, 1.165) is 11.4 Å². The Morgan fingerprint density at radius 2 is 1.95 bits per heavy atom. The molecular weight excluding hydrogens is 298 g/mol. The molecule has 0 bridgehead atoms. The van der Waals surface area contributed by atoms with E-state index in [2.05, 4.69) is 22.8 Å². The molecule has 1 saturated carbocycles. The summed E-state index contributed by atoms with van der Waals surface area (Å²) in [5.74, 6) is 0.00577. The number of hydrogen-bond acceptors (Lipinski definition) is 3. The summed E-state index contributed by atoms with van der Waals surface area (Å²) in [6, 6.07) is 8.33. The first-order valence-corrected chi connectivity index (χ1v) is 9.08. The summed E-state index contributed by atoms with van der Waals surface area (Å²) in [7, 11) is 0. The number of amides is 1. The zero-order chi connectivity index (χ0) is 14.5. The minimum Gasteiger partial charge on any atom is -0.352 e. The predicted octanol–water partition coefficient (Wildman–Crippen LogP) is 4.45. The van der Waals surface area contributed by atoms with Crippen molar-refractivity contribution >= 4 is 34.7 Å². The first-order valence-electron chi connectivity index (χ1n) is 7.32. The van der Waals surface area contributed by atoms with Gasteiger partial charge in [-0.3, -0.25) is 4.79 Å². The van der Waals surface area contributed by atoms with Gasteiger partial charge in [-0.25, -0.2) is 0 Å². The molecule has 0 atom stereocenters. The van der Waals surface area contributed by atoms with Crippen molar-refractivity contribution in [1.29, 1.82) is 0 Å². The van der Waals surface area contributed by atoms with Crippen molar-refractivity contribution in [2.45, 2.75) is 31.1 Å². The smallest absolute Gasteiger partial charge is 0.244 e. The second-order valence-corrected chi connectivity index (χ2v) is 7.46. The second-order valence-electron chi connectivity index (χ2n) is 5.53. The van der Waals surface area contributed by atoms with Crippen molar-refractivity contribution in [3.63, 3.8) is 0 Å². The number of thiophene rings is 2. The van der Waals surface area contributed by atoms with Gasteiger partial charge in [0.05, 0.1) is 0 Å². The minimum atomic E-state index is 0.00577. The molecule has 21 heavy (non-hydrogen) atoms. The van der Waals surface area contributed by atoms with Crippen LogP contribution in [0.3, 0.4) is 0 Å². The number of nitrogens with one attached hydrogen (secondary N) is 1. The van der Waals surface area contributed by atoms with E-state index in [1.807, 2.05) is 34.9 Å². The first kappa shape index (κ1) is 14.5. The van der Waals surface area contributed by atoms with Gasteiger partial charge < -0.3 is 5.32 Å². The van der Waals surface area contributed by atoms with Crippen LogP contribution in [0.15, 0.2) is 41.1 Å². The Morgan fingerprint density at radius 3 is 2.62 bits per heavy atom. The summed E-state index contributed by atoms with van der Waals surface area (Å²) in [5, 5.41) is 7.25. The lowest BCUT2D eigenvalue weighted by molar-refractivity contribution is -0.116. The maximum atomic E-state index is 12.0. The maximum Gasteiger partial charge on any atom is 0.244 e. The summed E-state index contributed by atoms with van der Waals surface area (Å²) >= 11 is 3.45. The molecule has 1 aliphatic rings. The van der Waals surface area contributed by atoms with Crippen LogP contribution >= 0.6 is 22.7 Å². The van der Waals surface area contributed by atoms with Crippen molar-refractivity contribution in [2.24, 2.45) is 0 Å². The van der Waals surface area contributed by atoms with Crippen molar-refractivity contribution in [3.8, 4) is 0 Å². The fraction of sp³-hybridized carbons (Fsp3) is 0.353. The molecule has 3 rings (SSSR count). The van der Waals surface area contributed by atoms with Crippen LogP contribution in [0.1, 0.15) is 35.4 Å². The molecule has 2 nitrogen and oxygen atoms in total. The summed E-state index contributed by atoms with van der Waals surface area (Å²) < 4.78 is 0. The number of carbonyl (C=O) groups excluding carboxylic acids is 1. The van der Waals surface area contributed by atoms with Crippen LogP contribution in [-0.2, 0) is 10.2 Å². The molecule has 1 N–H and O–H groups in total. The van der Waals surface area contributed by atoms with Crippen LogP contribution in [-0.4, -0.2) is 12.5 Å². The van der Waals surface area contributed by atoms with E-state index in [4.69, 9.17) is 0 Å². The highest BCUT2D eigenvalue weighted by atomic mass is 32.1. The zero-order valence-corrected chi connectivity index (χ0v) is 13.5. The van der Waals surface area contributed by atoms with Gasteiger partial charge >= 0.3 is 0 Å². The molecule has 110 valence electrons. The topological polar surface area (TPSA) is 29.1 Å². The van der Waals surface area contributed by atoms with Crippen molar-refractivity contribution < 1.29 is 4.79 Å². The van der Waals surface area contributed by atoms with Gasteiger partial charge in [-0.1, -0.05) is 25.0 Å². The monoisotopic (exact) mass is 317 g/mol. The molecule has 2 heterocycles. The molecular formula is C17H19NOS2. The molecule has 2 aromatic rings. The van der Waals surface area contributed by atoms with Crippen molar-refractivity contribution in [1.82, 2.24) is 5.32 Å². The molecule has 2 aromatic heterocycles. The summed E-state index contributed by atoms with van der Waals surface area (Å²) in [6.45, 7) is 0.751. The van der Waals surface area contributed by atoms with E-state index in [1.165, 1.54) is 30.6 Å². The van der Waals surface area contributed by atoms with E-state index in [1.54, 1.807) is 17.4 Å². The lowest BCUT2D eigenvalue weighted by atomic mass is 9.84. The fourth-order valence-corrected chi connectivity index (χ4v) is 4.61. The van der Waals surface area contributed by atoms with Crippen LogP contribution in [0.4, 0.5) is 0 Å². The average molecular weight is 317 g/mol. The first-order chi connectivity index (χ1) is 10.3. The molecule has 0 unspecified atom stereocenters. The highest BCUT2D eigenvalue weighted by Gasteiger charge is 2.36. The van der Waals surface area contributed by atoms with Crippen LogP contribution in [0, 0.1) is 0 Å². The van der Waals surface area contributed by atoms with Gasteiger partial charge in [-0.15, -0.1) is 22.7 Å². The summed E-state index contributed by atoms with van der Waals surface area (Å²) in [6.07, 6.45) is 8.41. The highest BCUT2D eigenvalue weighted by molar-refractivity contribution is 7.10. The number of rotatable bonds is 5. The Labute approximate surface area is 133 Å². The standard InChI is InChI=1S/C17H19NOS2/c19-16(8-7-14-5-3-11-20-14)18-13-17(9-1-2-10-17)15-6-4-12-21-15/h3-8,11-12H,1-2,9-10,13H2,(H,18,19)/b8-7+. The molecule has 0 radical (unpaired) electrons. The quantitative estimate of drug-likeness (QED) is 0.811. The van der Waals surface area contributed by atoms with E-state index in [-0.39, 0.29) is 11.3 Å². The number of carbonyl (C=O) groups is 1. The molecule has 4 heteroatoms. The van der Waals surface area contributed by atoms with Crippen LogP contribution in [0.25, 0.3) is 6.08 Å². The average Bonchev–Trinajstić information content (AvgIpc) is 3.25. The molecule has 1 fully saturated rings. The van der Waals surface area contributed by atoms with E-state index < -0.39 is 0 Å². The van der Waals surface area contributed by atoms with Gasteiger partial charge in [-0.2, -0.15) is 0 Å². The Bertz CT molecular complexity index is 593. The normalized spacial score (nSPS) is 17.3. The van der Waals surface area contributed by atoms with Gasteiger partial charge in [0.1, 0.15) is 0 Å². The second kappa shape index (κ2) is 6.58. The lowest BCUT2D eigenvalue weighted by Gasteiger charge is -2.28. The van der Waals surface area contributed by atoms with Crippen LogP contribution in [0.5, 0.6) is 0 Å². The van der Waals surface area contributed by atoms with Gasteiger partial charge in [0, 0.05) is 27.8 Å². The maximum absolute atomic E-state index is 12.0. The van der Waals surface area contributed by atoms with Crippen LogP contribution < -0.4 is 5.32 Å². The van der Waals surface area contributed by atoms with Gasteiger partial charge in [0.2, 0.25) is 5.91 Å². The summed E-state index contributed by atoms with van der Waals surface area (Å²) in [4.78, 5) is 14.5. The van der Waals surface area contributed by atoms with Gasteiger partial charge in [-0.05, 0) is 41.8 Å².